The Hall–Kier alpha value is -3.30. The van der Waals surface area contributed by atoms with Gasteiger partial charge in [-0.25, -0.2) is 4.79 Å². The number of carbonyl (C=O) groups excluding carboxylic acids is 3. The van der Waals surface area contributed by atoms with Crippen molar-refractivity contribution in [1.82, 2.24) is 20.5 Å². The molecule has 1 aromatic heterocycles. The fraction of sp³-hybridized carbons (Fsp3) is 0.600. The number of oxazole rings is 1. The van der Waals surface area contributed by atoms with Crippen LogP contribution in [0.15, 0.2) is 28.7 Å². The third-order valence-corrected chi connectivity index (χ3v) is 6.68. The van der Waals surface area contributed by atoms with Crippen molar-refractivity contribution in [2.24, 2.45) is 5.92 Å². The van der Waals surface area contributed by atoms with Crippen LogP contribution in [0.1, 0.15) is 45.4 Å². The molecule has 1 aromatic carbocycles. The number of hydrogen-bond acceptors (Lipinski definition) is 7. The highest BCUT2D eigenvalue weighted by molar-refractivity contribution is 5.79. The van der Waals surface area contributed by atoms with Crippen molar-refractivity contribution in [3.8, 4) is 0 Å². The molecule has 0 bridgehead atoms. The van der Waals surface area contributed by atoms with E-state index in [0.29, 0.717) is 45.1 Å². The summed E-state index contributed by atoms with van der Waals surface area (Å²) < 4.78 is 10.9. The van der Waals surface area contributed by atoms with Gasteiger partial charge in [0.2, 0.25) is 11.8 Å². The van der Waals surface area contributed by atoms with Crippen LogP contribution in [0.5, 0.6) is 0 Å². The molecule has 4 rings (SSSR count). The SMILES string of the molecule is CCOC(=O)N1CCC(NC(=O)CCCNC(=O)C2CCN(c3nc4ccccc4o3)CC2)CC1. The van der Waals surface area contributed by atoms with Crippen molar-refractivity contribution in [3.05, 3.63) is 24.3 Å². The summed E-state index contributed by atoms with van der Waals surface area (Å²) in [6.07, 6.45) is 3.62. The summed E-state index contributed by atoms with van der Waals surface area (Å²) in [4.78, 5) is 44.9. The molecular weight excluding hydrogens is 450 g/mol. The first-order valence-corrected chi connectivity index (χ1v) is 12.6. The van der Waals surface area contributed by atoms with Crippen molar-refractivity contribution in [1.29, 1.82) is 0 Å². The van der Waals surface area contributed by atoms with Gasteiger partial charge in [-0.2, -0.15) is 4.98 Å². The maximum absolute atomic E-state index is 12.6. The molecule has 190 valence electrons. The maximum atomic E-state index is 12.6. The molecule has 2 aliphatic rings. The van der Waals surface area contributed by atoms with Gasteiger partial charge in [-0.3, -0.25) is 9.59 Å². The lowest BCUT2D eigenvalue weighted by atomic mass is 9.96. The molecule has 0 spiro atoms. The first kappa shape index (κ1) is 24.8. The lowest BCUT2D eigenvalue weighted by Gasteiger charge is -2.31. The van der Waals surface area contributed by atoms with Crippen molar-refractivity contribution in [3.63, 3.8) is 0 Å². The molecule has 0 radical (unpaired) electrons. The zero-order chi connectivity index (χ0) is 24.6. The third-order valence-electron chi connectivity index (χ3n) is 6.68. The van der Waals surface area contributed by atoms with Gasteiger partial charge in [0.25, 0.3) is 6.01 Å². The summed E-state index contributed by atoms with van der Waals surface area (Å²) in [5.74, 6) is 0.00322. The topological polar surface area (TPSA) is 117 Å². The highest BCUT2D eigenvalue weighted by atomic mass is 16.6. The summed E-state index contributed by atoms with van der Waals surface area (Å²) in [6.45, 7) is 5.27. The lowest BCUT2D eigenvalue weighted by molar-refractivity contribution is -0.126. The second kappa shape index (κ2) is 11.9. The molecule has 2 saturated heterocycles. The fourth-order valence-electron chi connectivity index (χ4n) is 4.65. The van der Waals surface area contributed by atoms with Gasteiger partial charge < -0.3 is 29.6 Å². The Morgan fingerprint density at radius 3 is 2.54 bits per heavy atom. The second-order valence-electron chi connectivity index (χ2n) is 9.15. The minimum Gasteiger partial charge on any atom is -0.450 e. The molecule has 3 heterocycles. The number of fused-ring (bicyclic) bond motifs is 1. The quantitative estimate of drug-likeness (QED) is 0.552. The monoisotopic (exact) mass is 485 g/mol. The number of aromatic nitrogens is 1. The number of ether oxygens (including phenoxy) is 1. The Balaban J connectivity index is 1.09. The average molecular weight is 486 g/mol. The zero-order valence-electron chi connectivity index (χ0n) is 20.3. The number of hydrogen-bond donors (Lipinski definition) is 2. The van der Waals surface area contributed by atoms with Crippen LogP contribution >= 0.6 is 0 Å². The first-order chi connectivity index (χ1) is 17.0. The van der Waals surface area contributed by atoms with E-state index in [0.717, 1.165) is 49.9 Å². The Bertz CT molecular complexity index is 976. The summed E-state index contributed by atoms with van der Waals surface area (Å²) in [5, 5.41) is 6.02. The van der Waals surface area contributed by atoms with Gasteiger partial charge in [-0.1, -0.05) is 12.1 Å². The number of anilines is 1. The maximum Gasteiger partial charge on any atom is 0.409 e. The number of para-hydroxylation sites is 2. The molecule has 2 aromatic rings. The van der Waals surface area contributed by atoms with Crippen molar-refractivity contribution >= 4 is 35.0 Å². The normalized spacial score (nSPS) is 17.4. The Morgan fingerprint density at radius 1 is 1.09 bits per heavy atom. The summed E-state index contributed by atoms with van der Waals surface area (Å²) in [5.41, 5.74) is 1.61. The van der Waals surface area contributed by atoms with E-state index in [1.54, 1.807) is 11.8 Å². The van der Waals surface area contributed by atoms with Crippen LogP contribution < -0.4 is 15.5 Å². The van der Waals surface area contributed by atoms with E-state index < -0.39 is 0 Å². The van der Waals surface area contributed by atoms with Gasteiger partial charge in [0.05, 0.1) is 6.61 Å². The number of nitrogens with one attached hydrogen (secondary N) is 2. The predicted octanol–water partition coefficient (Wildman–Crippen LogP) is 2.68. The molecular formula is C25H35N5O5. The standard InChI is InChI=1S/C25H35N5O5/c1-2-34-25(33)30-16-11-19(12-17-30)27-22(31)8-5-13-26-23(32)18-9-14-29(15-10-18)24-28-20-6-3-4-7-21(20)35-24/h3-4,6-7,18-19H,2,5,8-17H2,1H3,(H,26,32)(H,27,31). The average Bonchev–Trinajstić information content (AvgIpc) is 3.31. The van der Waals surface area contributed by atoms with Gasteiger partial charge in [0, 0.05) is 51.1 Å². The number of likely N-dealkylation sites (tertiary alicyclic amines) is 1. The highest BCUT2D eigenvalue weighted by Crippen LogP contribution is 2.26. The van der Waals surface area contributed by atoms with E-state index in [1.165, 1.54) is 0 Å². The number of piperidine rings is 2. The minimum atomic E-state index is -0.287. The predicted molar refractivity (Wildman–Crippen MR) is 131 cm³/mol. The van der Waals surface area contributed by atoms with Gasteiger partial charge in [0.15, 0.2) is 5.58 Å². The molecule has 2 N–H and O–H groups in total. The van der Waals surface area contributed by atoms with E-state index in [4.69, 9.17) is 9.15 Å². The zero-order valence-corrected chi connectivity index (χ0v) is 20.3. The molecule has 0 aliphatic carbocycles. The molecule has 3 amide bonds. The van der Waals surface area contributed by atoms with E-state index in [9.17, 15) is 14.4 Å². The van der Waals surface area contributed by atoms with Crippen LogP contribution in [-0.4, -0.2) is 73.2 Å². The van der Waals surface area contributed by atoms with Crippen LogP contribution in [0.3, 0.4) is 0 Å². The molecule has 0 unspecified atom stereocenters. The summed E-state index contributed by atoms with van der Waals surface area (Å²) in [6, 6.07) is 8.38. The molecule has 35 heavy (non-hydrogen) atoms. The van der Waals surface area contributed by atoms with E-state index >= 15 is 0 Å². The first-order valence-electron chi connectivity index (χ1n) is 12.6. The number of rotatable bonds is 8. The van der Waals surface area contributed by atoms with Gasteiger partial charge in [-0.15, -0.1) is 0 Å². The molecule has 2 aliphatic heterocycles. The highest BCUT2D eigenvalue weighted by Gasteiger charge is 2.27. The van der Waals surface area contributed by atoms with Crippen LogP contribution in [0.25, 0.3) is 11.1 Å². The fourth-order valence-corrected chi connectivity index (χ4v) is 4.65. The number of nitrogens with zero attached hydrogens (tertiary/aromatic N) is 3. The van der Waals surface area contributed by atoms with Crippen LogP contribution in [0.2, 0.25) is 0 Å². The molecule has 0 saturated carbocycles. The number of amides is 3. The van der Waals surface area contributed by atoms with Gasteiger partial charge >= 0.3 is 6.09 Å². The summed E-state index contributed by atoms with van der Waals surface area (Å²) >= 11 is 0. The second-order valence-corrected chi connectivity index (χ2v) is 9.15. The van der Waals surface area contributed by atoms with E-state index in [2.05, 4.69) is 20.5 Å². The van der Waals surface area contributed by atoms with Crippen molar-refractivity contribution in [2.45, 2.75) is 51.5 Å². The largest absolute Gasteiger partial charge is 0.450 e. The molecule has 10 heteroatoms. The van der Waals surface area contributed by atoms with Gasteiger partial charge in [-0.05, 0) is 51.2 Å². The summed E-state index contributed by atoms with van der Waals surface area (Å²) in [7, 11) is 0. The van der Waals surface area contributed by atoms with E-state index in [-0.39, 0.29) is 29.9 Å². The van der Waals surface area contributed by atoms with Crippen molar-refractivity contribution in [2.75, 3.05) is 44.2 Å². The van der Waals surface area contributed by atoms with Crippen LogP contribution in [0, 0.1) is 5.92 Å². The van der Waals surface area contributed by atoms with Crippen molar-refractivity contribution < 1.29 is 23.5 Å². The molecule has 10 nitrogen and oxygen atoms in total. The van der Waals surface area contributed by atoms with E-state index in [1.807, 2.05) is 24.3 Å². The molecule has 0 atom stereocenters. The molecule has 2 fully saturated rings. The Morgan fingerprint density at radius 2 is 1.83 bits per heavy atom. The smallest absolute Gasteiger partial charge is 0.409 e. The Labute approximate surface area is 205 Å². The minimum absolute atomic E-state index is 0.0134. The Kier molecular flexibility index (Phi) is 8.44. The lowest BCUT2D eigenvalue weighted by Crippen LogP contribution is -2.46. The van der Waals surface area contributed by atoms with Crippen LogP contribution in [-0.2, 0) is 14.3 Å². The third kappa shape index (κ3) is 6.64. The number of benzene rings is 1. The number of carbonyl (C=O) groups is 3. The van der Waals surface area contributed by atoms with Gasteiger partial charge in [0.1, 0.15) is 5.52 Å². The van der Waals surface area contributed by atoms with Crippen LogP contribution in [0.4, 0.5) is 10.8 Å².